The largest absolute Gasteiger partial charge is 0.389 e. The van der Waals surface area contributed by atoms with E-state index < -0.39 is 18.6 Å². The van der Waals surface area contributed by atoms with Crippen molar-refractivity contribution in [1.29, 1.82) is 0 Å². The van der Waals surface area contributed by atoms with Crippen molar-refractivity contribution in [3.8, 4) is 0 Å². The van der Waals surface area contributed by atoms with E-state index in [1.54, 1.807) is 6.92 Å². The first-order valence-electron chi connectivity index (χ1n) is 4.03. The molecule has 80 valence electrons. The number of halogens is 3. The van der Waals surface area contributed by atoms with Gasteiger partial charge < -0.3 is 10.3 Å². The number of nitrogens with two attached hydrogens (primary N) is 1. The molecule has 0 radical (unpaired) electrons. The maximum atomic E-state index is 11.8. The van der Waals surface area contributed by atoms with Gasteiger partial charge in [-0.2, -0.15) is 18.2 Å². The zero-order valence-electron chi connectivity index (χ0n) is 7.51. The highest BCUT2D eigenvalue weighted by Gasteiger charge is 2.27. The van der Waals surface area contributed by atoms with Crippen molar-refractivity contribution in [3.63, 3.8) is 0 Å². The van der Waals surface area contributed by atoms with Gasteiger partial charge in [0.15, 0.2) is 5.82 Å². The fourth-order valence-electron chi connectivity index (χ4n) is 0.808. The molecule has 1 heterocycles. The highest BCUT2D eigenvalue weighted by molar-refractivity contribution is 4.90. The van der Waals surface area contributed by atoms with E-state index in [2.05, 4.69) is 14.7 Å². The lowest BCUT2D eigenvalue weighted by Gasteiger charge is -2.01. The van der Waals surface area contributed by atoms with E-state index in [4.69, 9.17) is 5.73 Å². The summed E-state index contributed by atoms with van der Waals surface area (Å²) in [4.78, 5) is 3.71. The number of hydrogen-bond donors (Lipinski definition) is 1. The second-order valence-electron chi connectivity index (χ2n) is 2.95. The molecule has 0 aromatic carbocycles. The minimum atomic E-state index is -4.20. The normalized spacial score (nSPS) is 14.4. The summed E-state index contributed by atoms with van der Waals surface area (Å²) in [5.41, 5.74) is 5.39. The molecule has 2 N–H and O–H groups in total. The summed E-state index contributed by atoms with van der Waals surface area (Å²) in [6.07, 6.45) is -5.43. The van der Waals surface area contributed by atoms with Crippen LogP contribution in [0.1, 0.15) is 31.1 Å². The van der Waals surface area contributed by atoms with Crippen LogP contribution < -0.4 is 5.73 Å². The van der Waals surface area contributed by atoms with Gasteiger partial charge in [0, 0.05) is 6.42 Å². The molecule has 1 atom stereocenters. The average molecular weight is 209 g/mol. The Kier molecular flexibility index (Phi) is 3.10. The molecule has 0 amide bonds. The average Bonchev–Trinajstić information content (AvgIpc) is 2.47. The Morgan fingerprint density at radius 2 is 2.14 bits per heavy atom. The molecule has 0 fully saturated rings. The molecule has 7 heteroatoms. The Hall–Kier alpha value is -1.11. The fourth-order valence-corrected chi connectivity index (χ4v) is 0.808. The van der Waals surface area contributed by atoms with Gasteiger partial charge in [0.1, 0.15) is 0 Å². The standard InChI is InChI=1S/C7H10F3N3O/c1-4(11)6-12-5(13-14-6)2-3-7(8,9)10/h4H,2-3,11H2,1H3. The first-order chi connectivity index (χ1) is 6.38. The number of alkyl halides is 3. The summed E-state index contributed by atoms with van der Waals surface area (Å²) >= 11 is 0. The maximum Gasteiger partial charge on any atom is 0.389 e. The van der Waals surface area contributed by atoms with Crippen LogP contribution in [0.25, 0.3) is 0 Å². The van der Waals surface area contributed by atoms with Crippen molar-refractivity contribution in [2.45, 2.75) is 32.0 Å². The number of aromatic nitrogens is 2. The van der Waals surface area contributed by atoms with E-state index in [1.165, 1.54) is 0 Å². The van der Waals surface area contributed by atoms with Crippen LogP contribution >= 0.6 is 0 Å². The van der Waals surface area contributed by atoms with Crippen molar-refractivity contribution in [2.75, 3.05) is 0 Å². The predicted molar refractivity (Wildman–Crippen MR) is 41.3 cm³/mol. The summed E-state index contributed by atoms with van der Waals surface area (Å²) in [5, 5.41) is 3.37. The highest BCUT2D eigenvalue weighted by atomic mass is 19.4. The molecule has 14 heavy (non-hydrogen) atoms. The molecule has 0 bridgehead atoms. The van der Waals surface area contributed by atoms with E-state index in [0.717, 1.165) is 0 Å². The highest BCUT2D eigenvalue weighted by Crippen LogP contribution is 2.21. The smallest absolute Gasteiger partial charge is 0.338 e. The van der Waals surface area contributed by atoms with Crippen LogP contribution in [0.15, 0.2) is 4.52 Å². The lowest BCUT2D eigenvalue weighted by molar-refractivity contribution is -0.134. The second kappa shape index (κ2) is 3.95. The van der Waals surface area contributed by atoms with Crippen molar-refractivity contribution < 1.29 is 17.7 Å². The summed E-state index contributed by atoms with van der Waals surface area (Å²) in [5.74, 6) is 0.191. The topological polar surface area (TPSA) is 64.9 Å². The van der Waals surface area contributed by atoms with Gasteiger partial charge in [0.25, 0.3) is 0 Å². The van der Waals surface area contributed by atoms with E-state index in [0.29, 0.717) is 0 Å². The van der Waals surface area contributed by atoms with Crippen LogP contribution in [0, 0.1) is 0 Å². The molecule has 1 rings (SSSR count). The maximum absolute atomic E-state index is 11.8. The summed E-state index contributed by atoms with van der Waals surface area (Å²) < 4.78 is 40.0. The first-order valence-corrected chi connectivity index (χ1v) is 4.03. The van der Waals surface area contributed by atoms with Crippen LogP contribution in [-0.4, -0.2) is 16.3 Å². The van der Waals surface area contributed by atoms with Gasteiger partial charge in [-0.1, -0.05) is 5.16 Å². The number of nitrogens with zero attached hydrogens (tertiary/aromatic N) is 2. The third kappa shape index (κ3) is 3.33. The van der Waals surface area contributed by atoms with Gasteiger partial charge in [-0.25, -0.2) is 0 Å². The van der Waals surface area contributed by atoms with Gasteiger partial charge in [-0.15, -0.1) is 0 Å². The van der Waals surface area contributed by atoms with Gasteiger partial charge in [-0.3, -0.25) is 0 Å². The van der Waals surface area contributed by atoms with Crippen LogP contribution in [0.5, 0.6) is 0 Å². The lowest BCUT2D eigenvalue weighted by atomic mass is 10.3. The molecule has 0 saturated carbocycles. The van der Waals surface area contributed by atoms with E-state index in [9.17, 15) is 13.2 Å². The number of hydrogen-bond acceptors (Lipinski definition) is 4. The molecule has 0 aliphatic heterocycles. The molecule has 0 spiro atoms. The number of aryl methyl sites for hydroxylation is 1. The second-order valence-corrected chi connectivity index (χ2v) is 2.95. The number of rotatable bonds is 3. The fraction of sp³-hybridized carbons (Fsp3) is 0.714. The zero-order valence-corrected chi connectivity index (χ0v) is 7.51. The third-order valence-electron chi connectivity index (χ3n) is 1.51. The Bertz CT molecular complexity index is 295. The minimum Gasteiger partial charge on any atom is -0.338 e. The molecule has 0 aliphatic carbocycles. The van der Waals surface area contributed by atoms with Crippen molar-refractivity contribution in [2.24, 2.45) is 5.73 Å². The van der Waals surface area contributed by atoms with Crippen LogP contribution in [0.4, 0.5) is 13.2 Å². The van der Waals surface area contributed by atoms with Gasteiger partial charge in [0.2, 0.25) is 5.89 Å². The van der Waals surface area contributed by atoms with Crippen molar-refractivity contribution in [3.05, 3.63) is 11.7 Å². The van der Waals surface area contributed by atoms with E-state index >= 15 is 0 Å². The third-order valence-corrected chi connectivity index (χ3v) is 1.51. The summed E-state index contributed by atoms with van der Waals surface area (Å²) in [6, 6.07) is -0.456. The summed E-state index contributed by atoms with van der Waals surface area (Å²) in [6.45, 7) is 1.61. The SMILES string of the molecule is CC(N)c1nc(CCC(F)(F)F)no1. The molecule has 1 aromatic heterocycles. The molecular formula is C7H10F3N3O. The lowest BCUT2D eigenvalue weighted by Crippen LogP contribution is -2.09. The van der Waals surface area contributed by atoms with Gasteiger partial charge in [-0.05, 0) is 6.92 Å². The first kappa shape index (κ1) is 11.0. The predicted octanol–water partition coefficient (Wildman–Crippen LogP) is 1.58. The van der Waals surface area contributed by atoms with Crippen molar-refractivity contribution >= 4 is 0 Å². The molecular weight excluding hydrogens is 199 g/mol. The van der Waals surface area contributed by atoms with E-state index in [-0.39, 0.29) is 18.1 Å². The minimum absolute atomic E-state index is 0.0367. The van der Waals surface area contributed by atoms with E-state index in [1.807, 2.05) is 0 Å². The molecule has 4 nitrogen and oxygen atoms in total. The Morgan fingerprint density at radius 3 is 2.57 bits per heavy atom. The monoisotopic (exact) mass is 209 g/mol. The van der Waals surface area contributed by atoms with Crippen LogP contribution in [0.2, 0.25) is 0 Å². The quantitative estimate of drug-likeness (QED) is 0.820. The molecule has 0 aliphatic rings. The molecule has 0 saturated heterocycles. The van der Waals surface area contributed by atoms with Gasteiger partial charge in [0.05, 0.1) is 12.5 Å². The Balaban J connectivity index is 2.52. The van der Waals surface area contributed by atoms with Gasteiger partial charge >= 0.3 is 6.18 Å². The molecule has 1 unspecified atom stereocenters. The Morgan fingerprint density at radius 1 is 1.50 bits per heavy atom. The van der Waals surface area contributed by atoms with Crippen LogP contribution in [-0.2, 0) is 6.42 Å². The Labute approximate surface area is 78.3 Å². The zero-order chi connectivity index (χ0) is 10.8. The van der Waals surface area contributed by atoms with Crippen LogP contribution in [0.3, 0.4) is 0 Å². The van der Waals surface area contributed by atoms with Crippen molar-refractivity contribution in [1.82, 2.24) is 10.1 Å². The summed E-state index contributed by atoms with van der Waals surface area (Å²) in [7, 11) is 0. The molecule has 1 aromatic rings.